The van der Waals surface area contributed by atoms with Crippen molar-refractivity contribution in [1.82, 2.24) is 9.78 Å². The Labute approximate surface area is 76.2 Å². The van der Waals surface area contributed by atoms with Crippen LogP contribution in [-0.4, -0.2) is 20.9 Å². The van der Waals surface area contributed by atoms with Crippen molar-refractivity contribution < 1.29 is 9.90 Å². The molecule has 3 N–H and O–H groups in total. The minimum absolute atomic E-state index is 0.105. The van der Waals surface area contributed by atoms with Gasteiger partial charge in [-0.1, -0.05) is 0 Å². The fourth-order valence-electron chi connectivity index (χ4n) is 1.34. The Hall–Kier alpha value is -1.36. The van der Waals surface area contributed by atoms with Crippen LogP contribution < -0.4 is 5.73 Å². The Morgan fingerprint density at radius 3 is 2.85 bits per heavy atom. The van der Waals surface area contributed by atoms with E-state index in [9.17, 15) is 4.79 Å². The Morgan fingerprint density at radius 1 is 1.85 bits per heavy atom. The zero-order valence-corrected chi connectivity index (χ0v) is 7.69. The third kappa shape index (κ3) is 2.06. The first-order chi connectivity index (χ1) is 5.93. The molecule has 0 aromatic carbocycles. The van der Waals surface area contributed by atoms with E-state index in [4.69, 9.17) is 10.8 Å². The second-order valence-corrected chi connectivity index (χ2v) is 3.33. The van der Waals surface area contributed by atoms with Gasteiger partial charge in [0.05, 0.1) is 17.7 Å². The first kappa shape index (κ1) is 9.73. The summed E-state index contributed by atoms with van der Waals surface area (Å²) in [5.74, 6) is -0.911. The molecule has 0 aliphatic heterocycles. The van der Waals surface area contributed by atoms with Crippen LogP contribution in [0.1, 0.15) is 19.0 Å². The molecule has 0 saturated heterocycles. The lowest BCUT2D eigenvalue weighted by atomic mass is 9.95. The van der Waals surface area contributed by atoms with Crippen molar-refractivity contribution in [1.29, 1.82) is 0 Å². The van der Waals surface area contributed by atoms with Crippen LogP contribution in [-0.2, 0) is 17.4 Å². The quantitative estimate of drug-likeness (QED) is 0.694. The van der Waals surface area contributed by atoms with E-state index in [-0.39, 0.29) is 6.42 Å². The zero-order chi connectivity index (χ0) is 10.1. The number of rotatable bonds is 3. The fraction of sp³-hybridized carbons (Fsp3) is 0.500. The van der Waals surface area contributed by atoms with Crippen LogP contribution in [0.5, 0.6) is 0 Å². The zero-order valence-electron chi connectivity index (χ0n) is 7.69. The van der Waals surface area contributed by atoms with Gasteiger partial charge in [-0.25, -0.2) is 0 Å². The molecule has 0 saturated carbocycles. The number of hydrogen-bond donors (Lipinski definition) is 2. The topological polar surface area (TPSA) is 81.1 Å². The molecular formula is C8H13N3O2. The summed E-state index contributed by atoms with van der Waals surface area (Å²) in [7, 11) is 1.74. The SMILES string of the molecule is Cn1nccc1C(C)(N)CC(=O)O. The van der Waals surface area contributed by atoms with Gasteiger partial charge in [-0.15, -0.1) is 0 Å². The van der Waals surface area contributed by atoms with Crippen LogP contribution in [0.3, 0.4) is 0 Å². The van der Waals surface area contributed by atoms with Crippen molar-refractivity contribution in [2.45, 2.75) is 18.9 Å². The standard InChI is InChI=1S/C8H13N3O2/c1-8(9,5-7(12)13)6-3-4-10-11(6)2/h3-4H,5,9H2,1-2H3,(H,12,13). The summed E-state index contributed by atoms with van der Waals surface area (Å²) in [5, 5.41) is 12.6. The van der Waals surface area contributed by atoms with Gasteiger partial charge in [-0.05, 0) is 13.0 Å². The highest BCUT2D eigenvalue weighted by molar-refractivity contribution is 5.68. The van der Waals surface area contributed by atoms with Crippen LogP contribution in [0.4, 0.5) is 0 Å². The molecular weight excluding hydrogens is 170 g/mol. The molecule has 5 heteroatoms. The lowest BCUT2D eigenvalue weighted by Crippen LogP contribution is -2.37. The summed E-state index contributed by atoms with van der Waals surface area (Å²) >= 11 is 0. The smallest absolute Gasteiger partial charge is 0.305 e. The molecule has 72 valence electrons. The Balaban J connectivity index is 2.93. The number of nitrogens with two attached hydrogens (primary N) is 1. The summed E-state index contributed by atoms with van der Waals surface area (Å²) < 4.78 is 1.59. The van der Waals surface area contributed by atoms with E-state index in [2.05, 4.69) is 5.10 Å². The molecule has 0 fully saturated rings. The molecule has 1 heterocycles. The molecule has 1 unspecified atom stereocenters. The summed E-state index contributed by atoms with van der Waals surface area (Å²) in [4.78, 5) is 10.5. The molecule has 13 heavy (non-hydrogen) atoms. The van der Waals surface area contributed by atoms with Crippen molar-refractivity contribution in [2.24, 2.45) is 12.8 Å². The van der Waals surface area contributed by atoms with Crippen LogP contribution in [0.15, 0.2) is 12.3 Å². The molecule has 1 aromatic heterocycles. The minimum atomic E-state index is -0.911. The number of carboxylic acids is 1. The van der Waals surface area contributed by atoms with Crippen LogP contribution in [0.2, 0.25) is 0 Å². The lowest BCUT2D eigenvalue weighted by molar-refractivity contribution is -0.138. The highest BCUT2D eigenvalue weighted by Gasteiger charge is 2.27. The van der Waals surface area contributed by atoms with Crippen molar-refractivity contribution in [3.8, 4) is 0 Å². The van der Waals surface area contributed by atoms with E-state index in [1.807, 2.05) is 0 Å². The normalized spacial score (nSPS) is 15.3. The van der Waals surface area contributed by atoms with Crippen molar-refractivity contribution in [3.63, 3.8) is 0 Å². The van der Waals surface area contributed by atoms with E-state index in [1.165, 1.54) is 0 Å². The molecule has 1 rings (SSSR count). The molecule has 0 radical (unpaired) electrons. The molecule has 0 aliphatic carbocycles. The predicted octanol–water partition coefficient (Wildman–Crippen LogP) is 0.0687. The molecule has 5 nitrogen and oxygen atoms in total. The van der Waals surface area contributed by atoms with Gasteiger partial charge >= 0.3 is 5.97 Å². The van der Waals surface area contributed by atoms with Crippen LogP contribution >= 0.6 is 0 Å². The number of aromatic nitrogens is 2. The summed E-state index contributed by atoms with van der Waals surface area (Å²) in [5.41, 5.74) is 5.70. The second kappa shape index (κ2) is 3.18. The molecule has 1 aromatic rings. The largest absolute Gasteiger partial charge is 0.481 e. The highest BCUT2D eigenvalue weighted by atomic mass is 16.4. The monoisotopic (exact) mass is 183 g/mol. The predicted molar refractivity (Wildman–Crippen MR) is 47.0 cm³/mol. The second-order valence-electron chi connectivity index (χ2n) is 3.33. The van der Waals surface area contributed by atoms with Gasteiger partial charge in [-0.2, -0.15) is 5.10 Å². The number of carbonyl (C=O) groups is 1. The van der Waals surface area contributed by atoms with E-state index >= 15 is 0 Å². The van der Waals surface area contributed by atoms with E-state index in [0.29, 0.717) is 0 Å². The Kier molecular flexibility index (Phi) is 2.38. The van der Waals surface area contributed by atoms with Gasteiger partial charge in [0.25, 0.3) is 0 Å². The van der Waals surface area contributed by atoms with Crippen LogP contribution in [0.25, 0.3) is 0 Å². The molecule has 0 spiro atoms. The van der Waals surface area contributed by atoms with Crippen molar-refractivity contribution in [3.05, 3.63) is 18.0 Å². The number of carboxylic acid groups (broad SMARTS) is 1. The third-order valence-electron chi connectivity index (χ3n) is 1.92. The molecule has 1 atom stereocenters. The minimum Gasteiger partial charge on any atom is -0.481 e. The number of aryl methyl sites for hydroxylation is 1. The van der Waals surface area contributed by atoms with Gasteiger partial charge in [-0.3, -0.25) is 9.48 Å². The summed E-state index contributed by atoms with van der Waals surface area (Å²) in [6.45, 7) is 1.68. The van der Waals surface area contributed by atoms with Crippen LogP contribution in [0, 0.1) is 0 Å². The molecule has 0 bridgehead atoms. The Morgan fingerprint density at radius 2 is 2.46 bits per heavy atom. The van der Waals surface area contributed by atoms with E-state index in [0.717, 1.165) is 5.69 Å². The maximum Gasteiger partial charge on any atom is 0.305 e. The van der Waals surface area contributed by atoms with E-state index in [1.54, 1.807) is 30.9 Å². The highest BCUT2D eigenvalue weighted by Crippen LogP contribution is 2.20. The lowest BCUT2D eigenvalue weighted by Gasteiger charge is -2.22. The summed E-state index contributed by atoms with van der Waals surface area (Å²) in [6.07, 6.45) is 1.49. The van der Waals surface area contributed by atoms with Gasteiger partial charge in [0.2, 0.25) is 0 Å². The first-order valence-corrected chi connectivity index (χ1v) is 3.92. The Bertz CT molecular complexity index is 317. The summed E-state index contributed by atoms with van der Waals surface area (Å²) in [6, 6.07) is 1.73. The maximum absolute atomic E-state index is 10.5. The number of hydrogen-bond acceptors (Lipinski definition) is 3. The molecule has 0 aliphatic rings. The molecule has 0 amide bonds. The van der Waals surface area contributed by atoms with Crippen molar-refractivity contribution in [2.75, 3.05) is 0 Å². The van der Waals surface area contributed by atoms with Gasteiger partial charge in [0.1, 0.15) is 0 Å². The average molecular weight is 183 g/mol. The number of aliphatic carboxylic acids is 1. The third-order valence-corrected chi connectivity index (χ3v) is 1.92. The van der Waals surface area contributed by atoms with Gasteiger partial charge in [0, 0.05) is 13.2 Å². The van der Waals surface area contributed by atoms with Gasteiger partial charge in [0.15, 0.2) is 0 Å². The van der Waals surface area contributed by atoms with E-state index < -0.39 is 11.5 Å². The number of nitrogens with zero attached hydrogens (tertiary/aromatic N) is 2. The maximum atomic E-state index is 10.5. The fourth-order valence-corrected chi connectivity index (χ4v) is 1.34. The first-order valence-electron chi connectivity index (χ1n) is 3.92. The average Bonchev–Trinajstić information content (AvgIpc) is 2.32. The van der Waals surface area contributed by atoms with Gasteiger partial charge < -0.3 is 10.8 Å². The van der Waals surface area contributed by atoms with Crippen molar-refractivity contribution >= 4 is 5.97 Å².